The smallest absolute Gasteiger partial charge is 0.339 e. The molecule has 0 aromatic heterocycles. The van der Waals surface area contributed by atoms with Gasteiger partial charge in [0.15, 0.2) is 28.2 Å². The molecule has 0 saturated heterocycles. The Bertz CT molecular complexity index is 1680. The molecule has 0 bridgehead atoms. The maximum absolute atomic E-state index is 14.6. The number of phenols is 1. The molecule has 2 N–H and O–H groups in total. The summed E-state index contributed by atoms with van der Waals surface area (Å²) in [6.07, 6.45) is 5.18. The van der Waals surface area contributed by atoms with Crippen molar-refractivity contribution in [2.24, 2.45) is 0 Å². The lowest BCUT2D eigenvalue weighted by Gasteiger charge is -2.32. The Kier molecular flexibility index (Phi) is 10.2. The molecule has 1 aliphatic rings. The van der Waals surface area contributed by atoms with Gasteiger partial charge in [0.05, 0.1) is 6.54 Å². The van der Waals surface area contributed by atoms with Crippen LogP contribution in [0, 0.1) is 29.1 Å². The first-order chi connectivity index (χ1) is 21.2. The van der Waals surface area contributed by atoms with Gasteiger partial charge in [0.2, 0.25) is 21.7 Å². The molecule has 0 spiro atoms. The van der Waals surface area contributed by atoms with Crippen molar-refractivity contribution in [2.45, 2.75) is 68.8 Å². The molecular formula is C31H31F5N2O6S. The standard InChI is InChI=1S/C31H31F5N2O6S/c1-3-22(37(2)45(43,44)29-27(35)25(33)24(32)26(34)28(29)36)30(40)38(20-13-14-21(31(41)42)23(39)15-20)16-17-9-11-19(12-10-17)18-7-5-4-6-8-18/h9-15,18,22,39H,3-8,16H2,1-2H3,(H,41,42)/t22-/m0/s1. The van der Waals surface area contributed by atoms with Crippen LogP contribution in [0.4, 0.5) is 27.6 Å². The summed E-state index contributed by atoms with van der Waals surface area (Å²) in [5, 5.41) is 19.7. The first kappa shape index (κ1) is 33.8. The molecule has 14 heteroatoms. The fraction of sp³-hybridized carbons (Fsp3) is 0.355. The third-order valence-corrected chi connectivity index (χ3v) is 9.99. The molecule has 0 unspecified atom stereocenters. The molecule has 1 aliphatic carbocycles. The summed E-state index contributed by atoms with van der Waals surface area (Å²) < 4.78 is 97.4. The Labute approximate surface area is 256 Å². The van der Waals surface area contributed by atoms with Crippen LogP contribution in [-0.4, -0.2) is 47.9 Å². The van der Waals surface area contributed by atoms with E-state index in [9.17, 15) is 50.2 Å². The van der Waals surface area contributed by atoms with E-state index in [1.165, 1.54) is 19.4 Å². The summed E-state index contributed by atoms with van der Waals surface area (Å²) in [4.78, 5) is 24.4. The fourth-order valence-electron chi connectivity index (χ4n) is 5.57. The Morgan fingerprint density at radius 1 is 0.889 bits per heavy atom. The van der Waals surface area contributed by atoms with Crippen molar-refractivity contribution in [1.82, 2.24) is 4.31 Å². The normalized spacial score (nSPS) is 14.8. The highest BCUT2D eigenvalue weighted by Crippen LogP contribution is 2.34. The third-order valence-electron chi connectivity index (χ3n) is 8.10. The van der Waals surface area contributed by atoms with Gasteiger partial charge in [-0.05, 0) is 48.4 Å². The number of amides is 1. The number of sulfonamides is 1. The van der Waals surface area contributed by atoms with Crippen LogP contribution in [0.25, 0.3) is 0 Å². The molecule has 0 radical (unpaired) electrons. The predicted octanol–water partition coefficient (Wildman–Crippen LogP) is 6.47. The van der Waals surface area contributed by atoms with Crippen LogP contribution >= 0.6 is 0 Å². The fourth-order valence-corrected chi connectivity index (χ4v) is 7.06. The van der Waals surface area contributed by atoms with Gasteiger partial charge in [0.1, 0.15) is 17.4 Å². The molecule has 8 nitrogen and oxygen atoms in total. The SMILES string of the molecule is CC[C@@H](C(=O)N(Cc1ccc(C2CCCCC2)cc1)c1ccc(C(=O)O)c(O)c1)N(C)S(=O)(=O)c1c(F)c(F)c(F)c(F)c1F. The highest BCUT2D eigenvalue weighted by Gasteiger charge is 2.41. The van der Waals surface area contributed by atoms with Crippen LogP contribution in [0.5, 0.6) is 5.75 Å². The number of likely N-dealkylation sites (N-methyl/N-ethyl adjacent to an activating group) is 1. The number of carboxylic acid groups (broad SMARTS) is 1. The zero-order chi connectivity index (χ0) is 33.2. The van der Waals surface area contributed by atoms with Crippen molar-refractivity contribution < 1.29 is 50.2 Å². The van der Waals surface area contributed by atoms with Gasteiger partial charge in [-0.15, -0.1) is 0 Å². The maximum atomic E-state index is 14.6. The van der Waals surface area contributed by atoms with E-state index in [1.807, 2.05) is 12.1 Å². The molecule has 242 valence electrons. The third kappa shape index (κ3) is 6.66. The Morgan fingerprint density at radius 3 is 1.96 bits per heavy atom. The van der Waals surface area contributed by atoms with Crippen LogP contribution < -0.4 is 4.90 Å². The highest BCUT2D eigenvalue weighted by atomic mass is 32.2. The minimum Gasteiger partial charge on any atom is -0.507 e. The molecule has 0 heterocycles. The zero-order valence-corrected chi connectivity index (χ0v) is 25.2. The van der Waals surface area contributed by atoms with Gasteiger partial charge in [-0.2, -0.15) is 4.31 Å². The van der Waals surface area contributed by atoms with E-state index >= 15 is 0 Å². The van der Waals surface area contributed by atoms with Gasteiger partial charge in [-0.25, -0.2) is 35.2 Å². The van der Waals surface area contributed by atoms with Crippen molar-refractivity contribution in [2.75, 3.05) is 11.9 Å². The average molecular weight is 655 g/mol. The van der Waals surface area contributed by atoms with Crippen LogP contribution in [0.3, 0.4) is 0 Å². The zero-order valence-electron chi connectivity index (χ0n) is 24.4. The van der Waals surface area contributed by atoms with Crippen molar-refractivity contribution in [3.63, 3.8) is 0 Å². The largest absolute Gasteiger partial charge is 0.507 e. The summed E-state index contributed by atoms with van der Waals surface area (Å²) >= 11 is 0. The van der Waals surface area contributed by atoms with Gasteiger partial charge in [0, 0.05) is 18.8 Å². The van der Waals surface area contributed by atoms with Crippen LogP contribution in [-0.2, 0) is 21.4 Å². The summed E-state index contributed by atoms with van der Waals surface area (Å²) in [5.74, 6) is -15.4. The van der Waals surface area contributed by atoms with E-state index in [-0.39, 0.29) is 23.0 Å². The molecule has 1 amide bonds. The topological polar surface area (TPSA) is 115 Å². The summed E-state index contributed by atoms with van der Waals surface area (Å²) in [7, 11) is -4.72. The summed E-state index contributed by atoms with van der Waals surface area (Å²) in [6, 6.07) is 8.87. The molecule has 45 heavy (non-hydrogen) atoms. The number of carbonyl (C=O) groups is 2. The molecule has 3 aromatic carbocycles. The second kappa shape index (κ2) is 13.5. The second-order valence-corrected chi connectivity index (χ2v) is 12.8. The van der Waals surface area contributed by atoms with E-state index in [0.29, 0.717) is 11.5 Å². The first-order valence-electron chi connectivity index (χ1n) is 14.2. The highest BCUT2D eigenvalue weighted by molar-refractivity contribution is 7.89. The number of aromatic hydroxyl groups is 1. The minimum atomic E-state index is -5.49. The lowest BCUT2D eigenvalue weighted by atomic mass is 9.84. The number of anilines is 1. The number of carbonyl (C=O) groups excluding carboxylic acids is 1. The Morgan fingerprint density at radius 2 is 1.44 bits per heavy atom. The predicted molar refractivity (Wildman–Crippen MR) is 154 cm³/mol. The minimum absolute atomic E-state index is 0.0423. The number of nitrogens with zero attached hydrogens (tertiary/aromatic N) is 2. The van der Waals surface area contributed by atoms with Gasteiger partial charge in [0.25, 0.3) is 0 Å². The Hall–Kier alpha value is -4.04. The number of aromatic carboxylic acids is 1. The molecule has 0 aliphatic heterocycles. The number of halogens is 5. The van der Waals surface area contributed by atoms with Crippen molar-refractivity contribution >= 4 is 27.6 Å². The van der Waals surface area contributed by atoms with Crippen LogP contribution in [0.15, 0.2) is 47.4 Å². The Balaban J connectivity index is 1.74. The average Bonchev–Trinajstić information content (AvgIpc) is 3.02. The van der Waals surface area contributed by atoms with Gasteiger partial charge in [-0.1, -0.05) is 50.5 Å². The summed E-state index contributed by atoms with van der Waals surface area (Å²) in [6.45, 7) is 1.16. The van der Waals surface area contributed by atoms with Crippen molar-refractivity contribution in [3.8, 4) is 5.75 Å². The molecule has 4 rings (SSSR count). The summed E-state index contributed by atoms with van der Waals surface area (Å²) in [5.41, 5.74) is 1.17. The number of hydrogen-bond acceptors (Lipinski definition) is 5. The number of hydrogen-bond donors (Lipinski definition) is 2. The van der Waals surface area contributed by atoms with Crippen LogP contribution in [0.2, 0.25) is 0 Å². The molecule has 3 aromatic rings. The second-order valence-electron chi connectivity index (χ2n) is 10.9. The number of benzene rings is 3. The van der Waals surface area contributed by atoms with Gasteiger partial charge >= 0.3 is 5.97 Å². The first-order valence-corrected chi connectivity index (χ1v) is 15.6. The van der Waals surface area contributed by atoms with E-state index in [4.69, 9.17) is 0 Å². The molecule has 1 fully saturated rings. The van der Waals surface area contributed by atoms with Crippen molar-refractivity contribution in [3.05, 3.63) is 88.2 Å². The van der Waals surface area contributed by atoms with Gasteiger partial charge < -0.3 is 15.1 Å². The lowest BCUT2D eigenvalue weighted by molar-refractivity contribution is -0.122. The number of rotatable bonds is 10. The molecule has 1 saturated carbocycles. The maximum Gasteiger partial charge on any atom is 0.339 e. The van der Waals surface area contributed by atoms with E-state index < -0.39 is 73.2 Å². The molecular weight excluding hydrogens is 623 g/mol. The van der Waals surface area contributed by atoms with E-state index in [1.54, 1.807) is 12.1 Å². The molecule has 1 atom stereocenters. The van der Waals surface area contributed by atoms with Gasteiger partial charge in [-0.3, -0.25) is 4.79 Å². The quantitative estimate of drug-likeness (QED) is 0.147. The number of carboxylic acids is 1. The van der Waals surface area contributed by atoms with E-state index in [0.717, 1.165) is 55.3 Å². The monoisotopic (exact) mass is 654 g/mol. The van der Waals surface area contributed by atoms with E-state index in [2.05, 4.69) is 0 Å². The lowest BCUT2D eigenvalue weighted by Crippen LogP contribution is -2.49. The van der Waals surface area contributed by atoms with Crippen LogP contribution in [0.1, 0.15) is 72.9 Å². The van der Waals surface area contributed by atoms with Crippen molar-refractivity contribution in [1.29, 1.82) is 0 Å².